The first kappa shape index (κ1) is 16.9. The summed E-state index contributed by atoms with van der Waals surface area (Å²) in [5.74, 6) is 0.528. The minimum atomic E-state index is -0.431. The van der Waals surface area contributed by atoms with Gasteiger partial charge in [-0.05, 0) is 30.3 Å². The fraction of sp³-hybridized carbons (Fsp3) is 0.200. The Hall–Kier alpha value is -1.50. The van der Waals surface area contributed by atoms with Crippen molar-refractivity contribution >= 4 is 52.3 Å². The van der Waals surface area contributed by atoms with E-state index >= 15 is 0 Å². The molecule has 0 unspecified atom stereocenters. The monoisotopic (exact) mass is 355 g/mol. The highest BCUT2D eigenvalue weighted by atomic mass is 35.5. The number of hydrogen-bond donors (Lipinski definition) is 1. The quantitative estimate of drug-likeness (QED) is 0.794. The fourth-order valence-electron chi connectivity index (χ4n) is 1.71. The van der Waals surface area contributed by atoms with Crippen molar-refractivity contribution in [2.45, 2.75) is 5.75 Å². The molecule has 0 aliphatic heterocycles. The number of methoxy groups -OCH3 is 1. The lowest BCUT2D eigenvalue weighted by Crippen LogP contribution is -2.14. The topological polar surface area (TPSA) is 55.4 Å². The van der Waals surface area contributed by atoms with Crippen molar-refractivity contribution in [1.82, 2.24) is 0 Å². The lowest BCUT2D eigenvalue weighted by atomic mass is 10.2. The molecule has 0 saturated carbocycles. The summed E-state index contributed by atoms with van der Waals surface area (Å²) in [5, 5.41) is 2.76. The minimum Gasteiger partial charge on any atom is -0.465 e. The number of esters is 1. The summed E-state index contributed by atoms with van der Waals surface area (Å²) >= 11 is 8.88. The maximum atomic E-state index is 11.9. The second-order valence-corrected chi connectivity index (χ2v) is 7.10. The number of ether oxygens (including phenoxy) is 1. The Balaban J connectivity index is 1.82. The van der Waals surface area contributed by atoms with Crippen LogP contribution in [0.5, 0.6) is 0 Å². The van der Waals surface area contributed by atoms with Crippen molar-refractivity contribution in [2.24, 2.45) is 0 Å². The number of rotatable bonds is 6. The van der Waals surface area contributed by atoms with E-state index in [4.69, 9.17) is 11.6 Å². The molecule has 0 spiro atoms. The predicted octanol–water partition coefficient (Wildman–Crippen LogP) is 4.06. The number of nitrogens with one attached hydrogen (secondary N) is 1. The van der Waals surface area contributed by atoms with Crippen LogP contribution in [-0.4, -0.2) is 24.7 Å². The van der Waals surface area contributed by atoms with Gasteiger partial charge in [0.1, 0.15) is 0 Å². The lowest BCUT2D eigenvalue weighted by molar-refractivity contribution is -0.113. The van der Waals surface area contributed by atoms with Crippen molar-refractivity contribution < 1.29 is 14.3 Å². The van der Waals surface area contributed by atoms with Gasteiger partial charge in [-0.1, -0.05) is 17.7 Å². The van der Waals surface area contributed by atoms with Gasteiger partial charge in [-0.15, -0.1) is 23.1 Å². The molecule has 1 heterocycles. The normalized spacial score (nSPS) is 10.3. The standard InChI is InChI=1S/C15H14ClNO3S2/c1-20-15(19)10-3-2-4-11(7-10)17-14(18)9-21-8-12-5-6-13(16)22-12/h2-7H,8-9H2,1H3,(H,17,18). The van der Waals surface area contributed by atoms with E-state index in [0.29, 0.717) is 17.0 Å². The first-order valence-corrected chi connectivity index (χ1v) is 8.73. The van der Waals surface area contributed by atoms with Gasteiger partial charge in [-0.25, -0.2) is 4.79 Å². The van der Waals surface area contributed by atoms with Crippen LogP contribution in [0.25, 0.3) is 0 Å². The summed E-state index contributed by atoms with van der Waals surface area (Å²) in [5.41, 5.74) is 0.980. The van der Waals surface area contributed by atoms with Crippen molar-refractivity contribution in [1.29, 1.82) is 0 Å². The predicted molar refractivity (Wildman–Crippen MR) is 91.9 cm³/mol. The zero-order valence-electron chi connectivity index (χ0n) is 11.8. The van der Waals surface area contributed by atoms with E-state index in [1.54, 1.807) is 24.3 Å². The molecule has 22 heavy (non-hydrogen) atoms. The van der Waals surface area contributed by atoms with Gasteiger partial charge >= 0.3 is 5.97 Å². The van der Waals surface area contributed by atoms with E-state index in [9.17, 15) is 9.59 Å². The second kappa shape index (κ2) is 8.22. The molecule has 0 fully saturated rings. The van der Waals surface area contributed by atoms with Gasteiger partial charge in [0.05, 0.1) is 22.8 Å². The number of hydrogen-bond acceptors (Lipinski definition) is 5. The van der Waals surface area contributed by atoms with Crippen LogP contribution in [0.2, 0.25) is 4.34 Å². The summed E-state index contributed by atoms with van der Waals surface area (Å²) in [6, 6.07) is 10.5. The average molecular weight is 356 g/mol. The molecule has 1 N–H and O–H groups in total. The van der Waals surface area contributed by atoms with Crippen molar-refractivity contribution in [2.75, 3.05) is 18.2 Å². The van der Waals surface area contributed by atoms with E-state index < -0.39 is 5.97 Å². The molecule has 2 aromatic rings. The number of carbonyl (C=O) groups excluding carboxylic acids is 2. The summed E-state index contributed by atoms with van der Waals surface area (Å²) in [6.07, 6.45) is 0. The molecule has 1 aromatic carbocycles. The molecule has 0 atom stereocenters. The SMILES string of the molecule is COC(=O)c1cccc(NC(=O)CSCc2ccc(Cl)s2)c1. The summed E-state index contributed by atoms with van der Waals surface area (Å²) in [6.45, 7) is 0. The minimum absolute atomic E-state index is 0.116. The summed E-state index contributed by atoms with van der Waals surface area (Å²) in [7, 11) is 1.32. The number of thiophene rings is 1. The van der Waals surface area contributed by atoms with Crippen LogP contribution in [0.3, 0.4) is 0 Å². The summed E-state index contributed by atoms with van der Waals surface area (Å²) in [4.78, 5) is 24.5. The van der Waals surface area contributed by atoms with Crippen molar-refractivity contribution in [3.05, 3.63) is 51.2 Å². The maximum absolute atomic E-state index is 11.9. The Morgan fingerprint density at radius 2 is 2.14 bits per heavy atom. The van der Waals surface area contributed by atoms with E-state index in [2.05, 4.69) is 10.1 Å². The number of anilines is 1. The molecule has 0 bridgehead atoms. The van der Waals surface area contributed by atoms with Crippen molar-refractivity contribution in [3.63, 3.8) is 0 Å². The first-order valence-electron chi connectivity index (χ1n) is 6.38. The number of halogens is 1. The Labute approximate surface area is 141 Å². The van der Waals surface area contributed by atoms with Gasteiger partial charge in [0, 0.05) is 16.3 Å². The molecule has 0 aliphatic carbocycles. The van der Waals surface area contributed by atoms with Crippen LogP contribution < -0.4 is 5.32 Å². The number of thioether (sulfide) groups is 1. The van der Waals surface area contributed by atoms with Gasteiger partial charge in [0.15, 0.2) is 0 Å². The Morgan fingerprint density at radius 3 is 2.82 bits per heavy atom. The number of carbonyl (C=O) groups is 2. The van der Waals surface area contributed by atoms with Crippen LogP contribution >= 0.6 is 34.7 Å². The third kappa shape index (κ3) is 5.05. The first-order chi connectivity index (χ1) is 10.6. The fourth-order valence-corrected chi connectivity index (χ4v) is 3.74. The highest BCUT2D eigenvalue weighted by Crippen LogP contribution is 2.25. The van der Waals surface area contributed by atoms with Crippen LogP contribution in [0.4, 0.5) is 5.69 Å². The molecule has 7 heteroatoms. The van der Waals surface area contributed by atoms with Gasteiger partial charge in [0.2, 0.25) is 5.91 Å². The molecular weight excluding hydrogens is 342 g/mol. The van der Waals surface area contributed by atoms with E-state index in [1.807, 2.05) is 12.1 Å². The van der Waals surface area contributed by atoms with E-state index in [1.165, 1.54) is 30.2 Å². The van der Waals surface area contributed by atoms with Crippen LogP contribution in [-0.2, 0) is 15.3 Å². The van der Waals surface area contributed by atoms with Crippen LogP contribution in [0.1, 0.15) is 15.2 Å². The molecule has 1 aromatic heterocycles. The zero-order chi connectivity index (χ0) is 15.9. The Kier molecular flexibility index (Phi) is 6.30. The lowest BCUT2D eigenvalue weighted by Gasteiger charge is -2.06. The molecule has 2 rings (SSSR count). The highest BCUT2D eigenvalue weighted by molar-refractivity contribution is 7.99. The molecule has 0 radical (unpaired) electrons. The molecule has 4 nitrogen and oxygen atoms in total. The summed E-state index contributed by atoms with van der Waals surface area (Å²) < 4.78 is 5.40. The molecular formula is C15H14ClNO3S2. The van der Waals surface area contributed by atoms with Crippen molar-refractivity contribution in [3.8, 4) is 0 Å². The van der Waals surface area contributed by atoms with Gasteiger partial charge in [-0.3, -0.25) is 4.79 Å². The number of benzene rings is 1. The third-order valence-corrected chi connectivity index (χ3v) is 5.07. The van der Waals surface area contributed by atoms with Crippen LogP contribution in [0.15, 0.2) is 36.4 Å². The van der Waals surface area contributed by atoms with Crippen LogP contribution in [0, 0.1) is 0 Å². The van der Waals surface area contributed by atoms with Gasteiger partial charge in [0.25, 0.3) is 0 Å². The second-order valence-electron chi connectivity index (χ2n) is 4.32. The largest absolute Gasteiger partial charge is 0.465 e. The van der Waals surface area contributed by atoms with E-state index in [-0.39, 0.29) is 5.91 Å². The third-order valence-electron chi connectivity index (χ3n) is 2.67. The maximum Gasteiger partial charge on any atom is 0.337 e. The molecule has 0 saturated heterocycles. The molecule has 0 aliphatic rings. The smallest absolute Gasteiger partial charge is 0.337 e. The number of amides is 1. The Bertz CT molecular complexity index is 672. The highest BCUT2D eigenvalue weighted by Gasteiger charge is 2.08. The Morgan fingerprint density at radius 1 is 1.32 bits per heavy atom. The van der Waals surface area contributed by atoms with E-state index in [0.717, 1.165) is 15.0 Å². The molecule has 116 valence electrons. The zero-order valence-corrected chi connectivity index (χ0v) is 14.2. The van der Waals surface area contributed by atoms with Gasteiger partial charge in [-0.2, -0.15) is 0 Å². The van der Waals surface area contributed by atoms with Gasteiger partial charge < -0.3 is 10.1 Å². The average Bonchev–Trinajstić information content (AvgIpc) is 2.92. The molecule has 1 amide bonds.